The predicted molar refractivity (Wildman–Crippen MR) is 105 cm³/mol. The summed E-state index contributed by atoms with van der Waals surface area (Å²) < 4.78 is 1.15. The summed E-state index contributed by atoms with van der Waals surface area (Å²) >= 11 is 3.71. The highest BCUT2D eigenvalue weighted by atomic mass is 79.9. The van der Waals surface area contributed by atoms with Crippen molar-refractivity contribution in [1.29, 1.82) is 0 Å². The Kier molecular flexibility index (Phi) is 2.25. The molecule has 112 valence electrons. The van der Waals surface area contributed by atoms with Crippen LogP contribution >= 0.6 is 15.9 Å². The van der Waals surface area contributed by atoms with Crippen molar-refractivity contribution in [2.75, 3.05) is 0 Å². The summed E-state index contributed by atoms with van der Waals surface area (Å²) in [5, 5.41) is 10.3. The molecule has 6 aromatic rings. The first kappa shape index (κ1) is 12.7. The van der Waals surface area contributed by atoms with Crippen molar-refractivity contribution in [3.05, 3.63) is 65.4 Å². The fourth-order valence-corrected chi connectivity index (χ4v) is 4.55. The van der Waals surface area contributed by atoms with Crippen molar-refractivity contribution in [2.24, 2.45) is 0 Å². The lowest BCUT2D eigenvalue weighted by molar-refractivity contribution is 1.35. The van der Waals surface area contributed by atoms with Crippen LogP contribution < -0.4 is 0 Å². The van der Waals surface area contributed by atoms with Crippen molar-refractivity contribution in [2.45, 2.75) is 0 Å². The molecular formula is C21H11BrN2. The number of aromatic nitrogens is 2. The van der Waals surface area contributed by atoms with E-state index in [4.69, 9.17) is 0 Å². The Hall–Kier alpha value is -2.65. The molecule has 2 heterocycles. The molecule has 0 saturated heterocycles. The third-order valence-electron chi connectivity index (χ3n) is 5.09. The van der Waals surface area contributed by atoms with Crippen molar-refractivity contribution >= 4 is 70.1 Å². The number of hydrogen-bond acceptors (Lipinski definition) is 1. The van der Waals surface area contributed by atoms with Crippen LogP contribution in [0, 0.1) is 0 Å². The predicted octanol–water partition coefficient (Wildman–Crippen LogP) is 6.38. The summed E-state index contributed by atoms with van der Waals surface area (Å²) in [6, 6.07) is 17.6. The molecule has 4 aromatic carbocycles. The Labute approximate surface area is 145 Å². The zero-order chi connectivity index (χ0) is 15.8. The lowest BCUT2D eigenvalue weighted by Gasteiger charge is -2.12. The molecule has 0 aliphatic carbocycles. The number of rotatable bonds is 0. The van der Waals surface area contributed by atoms with Crippen LogP contribution in [0.5, 0.6) is 0 Å². The lowest BCUT2D eigenvalue weighted by atomic mass is 9.92. The molecule has 0 aliphatic heterocycles. The maximum absolute atomic E-state index is 4.25. The first-order valence-electron chi connectivity index (χ1n) is 7.93. The molecule has 2 aromatic heterocycles. The molecule has 0 fully saturated rings. The molecule has 0 radical (unpaired) electrons. The van der Waals surface area contributed by atoms with Gasteiger partial charge in [-0.3, -0.25) is 4.98 Å². The van der Waals surface area contributed by atoms with E-state index in [0.717, 1.165) is 9.99 Å². The van der Waals surface area contributed by atoms with E-state index in [2.05, 4.69) is 74.4 Å². The van der Waals surface area contributed by atoms with Crippen LogP contribution in [0.2, 0.25) is 0 Å². The Bertz CT molecular complexity index is 1410. The minimum Gasteiger partial charge on any atom is -0.353 e. The molecule has 6 rings (SSSR count). The second kappa shape index (κ2) is 4.25. The van der Waals surface area contributed by atoms with Gasteiger partial charge in [-0.15, -0.1) is 0 Å². The molecule has 0 atom stereocenters. The van der Waals surface area contributed by atoms with E-state index in [9.17, 15) is 0 Å². The maximum Gasteiger partial charge on any atom is 0.0651 e. The lowest BCUT2D eigenvalue weighted by Crippen LogP contribution is -1.85. The summed E-state index contributed by atoms with van der Waals surface area (Å²) in [6.07, 6.45) is 3.77. The Balaban J connectivity index is 2.02. The minimum atomic E-state index is 1.09. The number of fused-ring (bicyclic) bond motifs is 4. The van der Waals surface area contributed by atoms with Crippen molar-refractivity contribution in [3.63, 3.8) is 0 Å². The number of aromatic amines is 1. The van der Waals surface area contributed by atoms with Crippen molar-refractivity contribution in [3.8, 4) is 0 Å². The Morgan fingerprint density at radius 2 is 1.50 bits per heavy atom. The third kappa shape index (κ3) is 1.44. The number of nitrogens with one attached hydrogen (secondary N) is 1. The van der Waals surface area contributed by atoms with Gasteiger partial charge in [0, 0.05) is 27.0 Å². The molecule has 3 heteroatoms. The Morgan fingerprint density at radius 1 is 0.708 bits per heavy atom. The maximum atomic E-state index is 4.25. The summed E-state index contributed by atoms with van der Waals surface area (Å²) in [5.74, 6) is 0. The highest BCUT2D eigenvalue weighted by molar-refractivity contribution is 9.10. The van der Waals surface area contributed by atoms with E-state index in [1.54, 1.807) is 0 Å². The number of nitrogens with zero attached hydrogens (tertiary/aromatic N) is 1. The zero-order valence-electron chi connectivity index (χ0n) is 12.6. The van der Waals surface area contributed by atoms with Crippen LogP contribution in [0.1, 0.15) is 0 Å². The summed E-state index contributed by atoms with van der Waals surface area (Å²) in [4.78, 5) is 7.77. The molecule has 0 saturated carbocycles. The molecule has 0 spiro atoms. The number of benzene rings is 4. The zero-order valence-corrected chi connectivity index (χ0v) is 14.2. The van der Waals surface area contributed by atoms with Gasteiger partial charge in [0.2, 0.25) is 0 Å². The van der Waals surface area contributed by atoms with Gasteiger partial charge in [0.05, 0.1) is 11.7 Å². The van der Waals surface area contributed by atoms with Gasteiger partial charge in [-0.1, -0.05) is 46.3 Å². The minimum absolute atomic E-state index is 1.09. The molecule has 24 heavy (non-hydrogen) atoms. The van der Waals surface area contributed by atoms with Crippen LogP contribution in [-0.4, -0.2) is 9.97 Å². The third-order valence-corrected chi connectivity index (χ3v) is 5.78. The first-order chi connectivity index (χ1) is 11.8. The number of H-pyrrole nitrogens is 1. The summed E-state index contributed by atoms with van der Waals surface area (Å²) in [5.41, 5.74) is 2.26. The van der Waals surface area contributed by atoms with Crippen molar-refractivity contribution < 1.29 is 0 Å². The van der Waals surface area contributed by atoms with Gasteiger partial charge in [0.15, 0.2) is 0 Å². The molecule has 0 unspecified atom stereocenters. The van der Waals surface area contributed by atoms with E-state index >= 15 is 0 Å². The highest BCUT2D eigenvalue weighted by Gasteiger charge is 2.15. The van der Waals surface area contributed by atoms with E-state index in [-0.39, 0.29) is 0 Å². The van der Waals surface area contributed by atoms with E-state index < -0.39 is 0 Å². The smallest absolute Gasteiger partial charge is 0.0651 e. The SMILES string of the molecule is Brc1ccc2ccc3c4c(cc5ccc1c2c53)[nH]c1cnccc14. The monoisotopic (exact) mass is 370 g/mol. The topological polar surface area (TPSA) is 28.7 Å². The fourth-order valence-electron chi connectivity index (χ4n) is 4.09. The van der Waals surface area contributed by atoms with Crippen LogP contribution in [0.15, 0.2) is 65.4 Å². The molecule has 0 aliphatic rings. The average Bonchev–Trinajstić information content (AvgIpc) is 2.99. The first-order valence-corrected chi connectivity index (χ1v) is 8.72. The molecule has 2 nitrogen and oxygen atoms in total. The van der Waals surface area contributed by atoms with Crippen molar-refractivity contribution in [1.82, 2.24) is 9.97 Å². The average molecular weight is 371 g/mol. The number of hydrogen-bond donors (Lipinski definition) is 1. The fraction of sp³-hybridized carbons (Fsp3) is 0. The molecular weight excluding hydrogens is 360 g/mol. The molecule has 0 amide bonds. The quantitative estimate of drug-likeness (QED) is 0.309. The van der Waals surface area contributed by atoms with Crippen LogP contribution in [0.3, 0.4) is 0 Å². The summed E-state index contributed by atoms with van der Waals surface area (Å²) in [7, 11) is 0. The van der Waals surface area contributed by atoms with Gasteiger partial charge in [0.1, 0.15) is 0 Å². The van der Waals surface area contributed by atoms with Gasteiger partial charge in [-0.2, -0.15) is 0 Å². The normalized spacial score (nSPS) is 12.4. The van der Waals surface area contributed by atoms with Gasteiger partial charge < -0.3 is 4.98 Å². The van der Waals surface area contributed by atoms with Gasteiger partial charge in [0.25, 0.3) is 0 Å². The van der Waals surface area contributed by atoms with Gasteiger partial charge >= 0.3 is 0 Å². The molecule has 0 bridgehead atoms. The Morgan fingerprint density at radius 3 is 2.46 bits per heavy atom. The van der Waals surface area contributed by atoms with Gasteiger partial charge in [-0.05, 0) is 50.5 Å². The van der Waals surface area contributed by atoms with Crippen LogP contribution in [0.4, 0.5) is 0 Å². The van der Waals surface area contributed by atoms with Crippen LogP contribution in [-0.2, 0) is 0 Å². The van der Waals surface area contributed by atoms with Gasteiger partial charge in [-0.25, -0.2) is 0 Å². The number of pyridine rings is 1. The number of halogens is 1. The summed E-state index contributed by atoms with van der Waals surface area (Å²) in [6.45, 7) is 0. The van der Waals surface area contributed by atoms with Crippen LogP contribution in [0.25, 0.3) is 54.1 Å². The second-order valence-electron chi connectivity index (χ2n) is 6.32. The van der Waals surface area contributed by atoms with E-state index in [0.29, 0.717) is 0 Å². The largest absolute Gasteiger partial charge is 0.353 e. The van der Waals surface area contributed by atoms with E-state index in [1.165, 1.54) is 48.6 Å². The standard InChI is InChI=1S/C21H11BrN2/c22-16-6-3-11-1-5-15-20-12(2-4-13(16)19(11)20)9-17-21(15)14-7-8-23-10-18(14)24-17/h1-10,24H. The highest BCUT2D eigenvalue weighted by Crippen LogP contribution is 2.42. The molecule has 1 N–H and O–H groups in total. The second-order valence-corrected chi connectivity index (χ2v) is 7.17. The van der Waals surface area contributed by atoms with E-state index in [1.807, 2.05) is 12.4 Å².